The van der Waals surface area contributed by atoms with Crippen molar-refractivity contribution in [1.29, 1.82) is 0 Å². The molecule has 0 bridgehead atoms. The van der Waals surface area contributed by atoms with Gasteiger partial charge in [0.2, 0.25) is 0 Å². The van der Waals surface area contributed by atoms with E-state index in [4.69, 9.17) is 0 Å². The molecule has 0 saturated carbocycles. The number of non-ortho nitro benzene ring substituents is 1. The molecule has 10 heteroatoms. The summed E-state index contributed by atoms with van der Waals surface area (Å²) < 4.78 is 29.1. The van der Waals surface area contributed by atoms with Gasteiger partial charge in [-0.2, -0.15) is 8.78 Å². The Balaban J connectivity index is 2.24. The van der Waals surface area contributed by atoms with Gasteiger partial charge in [-0.1, -0.05) is 11.8 Å². The monoisotopic (exact) mass is 382 g/mol. The van der Waals surface area contributed by atoms with Crippen molar-refractivity contribution < 1.29 is 28.0 Å². The fourth-order valence-corrected chi connectivity index (χ4v) is 2.51. The fraction of sp³-hybridized carbons (Fsp3) is 0.125. The predicted molar refractivity (Wildman–Crippen MR) is 90.7 cm³/mol. The van der Waals surface area contributed by atoms with Crippen LogP contribution >= 0.6 is 11.8 Å². The zero-order valence-corrected chi connectivity index (χ0v) is 14.1. The molecular weight excluding hydrogens is 370 g/mol. The highest BCUT2D eigenvalue weighted by atomic mass is 32.2. The highest BCUT2D eigenvalue weighted by Crippen LogP contribution is 2.26. The Morgan fingerprint density at radius 3 is 2.31 bits per heavy atom. The molecule has 0 fully saturated rings. The first-order chi connectivity index (χ1) is 12.3. The van der Waals surface area contributed by atoms with E-state index >= 15 is 0 Å². The molecular formula is C16H12F2N2O5S. The van der Waals surface area contributed by atoms with Gasteiger partial charge in [0.15, 0.2) is 0 Å². The van der Waals surface area contributed by atoms with Crippen LogP contribution in [0.2, 0.25) is 0 Å². The average Bonchev–Trinajstić information content (AvgIpc) is 2.61. The number of hydrogen-bond acceptors (Lipinski definition) is 6. The maximum absolute atomic E-state index is 12.3. The van der Waals surface area contributed by atoms with Crippen molar-refractivity contribution in [2.24, 2.45) is 0 Å². The van der Waals surface area contributed by atoms with Gasteiger partial charge in [0, 0.05) is 28.3 Å². The summed E-state index contributed by atoms with van der Waals surface area (Å²) in [6.45, 7) is 0. The molecule has 0 atom stereocenters. The van der Waals surface area contributed by atoms with Crippen molar-refractivity contribution in [3.05, 3.63) is 63.7 Å². The van der Waals surface area contributed by atoms with E-state index in [1.165, 1.54) is 24.3 Å². The van der Waals surface area contributed by atoms with E-state index in [2.05, 4.69) is 10.1 Å². The molecule has 0 unspecified atom stereocenters. The second-order valence-electron chi connectivity index (χ2n) is 4.87. The molecule has 0 radical (unpaired) electrons. The van der Waals surface area contributed by atoms with Gasteiger partial charge in [-0.25, -0.2) is 4.79 Å². The Morgan fingerprint density at radius 1 is 1.15 bits per heavy atom. The molecule has 136 valence electrons. The van der Waals surface area contributed by atoms with Crippen LogP contribution < -0.4 is 5.32 Å². The maximum atomic E-state index is 12.3. The predicted octanol–water partition coefficient (Wildman–Crippen LogP) is 3.95. The van der Waals surface area contributed by atoms with Crippen molar-refractivity contribution in [3.8, 4) is 0 Å². The second kappa shape index (κ2) is 8.39. The number of anilines is 1. The molecule has 0 aromatic heterocycles. The van der Waals surface area contributed by atoms with Gasteiger partial charge >= 0.3 is 5.97 Å². The standard InChI is InChI=1S/C16H12F2N2O5S/c1-25-15(22)10-6-9(7-12(8-10)20(23)24)14(21)19-11-2-4-13(5-3-11)26-16(17)18/h2-8,16H,1H3,(H,19,21). The first kappa shape index (κ1) is 19.3. The molecule has 26 heavy (non-hydrogen) atoms. The minimum Gasteiger partial charge on any atom is -0.465 e. The van der Waals surface area contributed by atoms with Gasteiger partial charge in [-0.15, -0.1) is 0 Å². The van der Waals surface area contributed by atoms with E-state index < -0.39 is 28.2 Å². The number of ether oxygens (including phenoxy) is 1. The van der Waals surface area contributed by atoms with Crippen LogP contribution in [0.25, 0.3) is 0 Å². The Morgan fingerprint density at radius 2 is 1.77 bits per heavy atom. The van der Waals surface area contributed by atoms with Crippen LogP contribution in [-0.4, -0.2) is 29.7 Å². The molecule has 2 rings (SSSR count). The maximum Gasteiger partial charge on any atom is 0.338 e. The zero-order chi connectivity index (χ0) is 19.3. The molecule has 0 saturated heterocycles. The number of amides is 1. The first-order valence-corrected chi connectivity index (χ1v) is 7.92. The van der Waals surface area contributed by atoms with Crippen molar-refractivity contribution in [3.63, 3.8) is 0 Å². The van der Waals surface area contributed by atoms with E-state index in [0.29, 0.717) is 22.3 Å². The third kappa shape index (κ3) is 4.99. The SMILES string of the molecule is COC(=O)c1cc(C(=O)Nc2ccc(SC(F)F)cc2)cc([N+](=O)[O-])c1. The summed E-state index contributed by atoms with van der Waals surface area (Å²) in [5.74, 6) is -4.08. The quantitative estimate of drug-likeness (QED) is 0.352. The summed E-state index contributed by atoms with van der Waals surface area (Å²) in [5, 5.41) is 13.5. The Kier molecular flexibility index (Phi) is 6.23. The topological polar surface area (TPSA) is 98.5 Å². The minimum absolute atomic E-state index is 0.120. The van der Waals surface area contributed by atoms with Crippen LogP contribution in [0.5, 0.6) is 0 Å². The van der Waals surface area contributed by atoms with Crippen LogP contribution in [0, 0.1) is 10.1 Å². The number of nitrogens with one attached hydrogen (secondary N) is 1. The molecule has 1 amide bonds. The number of thioether (sulfide) groups is 1. The summed E-state index contributed by atoms with van der Waals surface area (Å²) in [4.78, 5) is 34.5. The number of nitro groups is 1. The van der Waals surface area contributed by atoms with Gasteiger partial charge < -0.3 is 10.1 Å². The van der Waals surface area contributed by atoms with Crippen LogP contribution in [0.1, 0.15) is 20.7 Å². The number of carbonyl (C=O) groups is 2. The average molecular weight is 382 g/mol. The molecule has 0 aliphatic carbocycles. The van der Waals surface area contributed by atoms with Gasteiger partial charge in [0.25, 0.3) is 17.4 Å². The number of halogens is 2. The van der Waals surface area contributed by atoms with Crippen LogP contribution in [-0.2, 0) is 4.74 Å². The van der Waals surface area contributed by atoms with Crippen molar-refractivity contribution >= 4 is 35.0 Å². The lowest BCUT2D eigenvalue weighted by molar-refractivity contribution is -0.384. The van der Waals surface area contributed by atoms with E-state index in [1.54, 1.807) is 0 Å². The number of nitro benzene ring substituents is 1. The van der Waals surface area contributed by atoms with Crippen LogP contribution in [0.3, 0.4) is 0 Å². The van der Waals surface area contributed by atoms with Gasteiger partial charge in [0.05, 0.1) is 17.6 Å². The summed E-state index contributed by atoms with van der Waals surface area (Å²) in [6, 6.07) is 8.82. The number of esters is 1. The lowest BCUT2D eigenvalue weighted by Crippen LogP contribution is -2.14. The summed E-state index contributed by atoms with van der Waals surface area (Å²) in [7, 11) is 1.11. The molecule has 7 nitrogen and oxygen atoms in total. The molecule has 2 aromatic carbocycles. The Labute approximate surface area is 150 Å². The highest BCUT2D eigenvalue weighted by molar-refractivity contribution is 7.99. The number of alkyl halides is 2. The number of nitrogens with zero attached hydrogens (tertiary/aromatic N) is 1. The molecule has 1 N–H and O–H groups in total. The Hall–Kier alpha value is -3.01. The van der Waals surface area contributed by atoms with Crippen molar-refractivity contribution in [2.45, 2.75) is 10.7 Å². The largest absolute Gasteiger partial charge is 0.465 e. The van der Waals surface area contributed by atoms with Gasteiger partial charge in [0.1, 0.15) is 0 Å². The minimum atomic E-state index is -2.56. The van der Waals surface area contributed by atoms with Crippen LogP contribution in [0.4, 0.5) is 20.2 Å². The molecule has 0 spiro atoms. The Bertz CT molecular complexity index is 843. The summed E-state index contributed by atoms with van der Waals surface area (Å²) >= 11 is 0.363. The second-order valence-corrected chi connectivity index (χ2v) is 5.94. The summed E-state index contributed by atoms with van der Waals surface area (Å²) in [6.07, 6.45) is 0. The number of methoxy groups -OCH3 is 1. The third-order valence-corrected chi connectivity index (χ3v) is 3.87. The van der Waals surface area contributed by atoms with Gasteiger partial charge in [-0.3, -0.25) is 14.9 Å². The highest BCUT2D eigenvalue weighted by Gasteiger charge is 2.18. The summed E-state index contributed by atoms with van der Waals surface area (Å²) in [5.41, 5.74) is -0.400. The fourth-order valence-electron chi connectivity index (χ4n) is 2.01. The van der Waals surface area contributed by atoms with E-state index in [-0.39, 0.29) is 11.1 Å². The number of hydrogen-bond donors (Lipinski definition) is 1. The van der Waals surface area contributed by atoms with E-state index in [0.717, 1.165) is 25.3 Å². The van der Waals surface area contributed by atoms with E-state index in [1.807, 2.05) is 0 Å². The number of benzene rings is 2. The normalized spacial score (nSPS) is 10.5. The van der Waals surface area contributed by atoms with Crippen molar-refractivity contribution in [1.82, 2.24) is 0 Å². The van der Waals surface area contributed by atoms with E-state index in [9.17, 15) is 28.5 Å². The van der Waals surface area contributed by atoms with Gasteiger partial charge in [-0.05, 0) is 30.3 Å². The lowest BCUT2D eigenvalue weighted by Gasteiger charge is -2.08. The molecule has 2 aromatic rings. The van der Waals surface area contributed by atoms with Crippen molar-refractivity contribution in [2.75, 3.05) is 12.4 Å². The smallest absolute Gasteiger partial charge is 0.338 e. The zero-order valence-electron chi connectivity index (χ0n) is 13.3. The third-order valence-electron chi connectivity index (χ3n) is 3.15. The molecule has 0 heterocycles. The first-order valence-electron chi connectivity index (χ1n) is 7.04. The number of rotatable bonds is 6. The lowest BCUT2D eigenvalue weighted by atomic mass is 10.1. The molecule has 0 aliphatic heterocycles. The molecule has 0 aliphatic rings. The van der Waals surface area contributed by atoms with Crippen LogP contribution in [0.15, 0.2) is 47.4 Å². The number of carbonyl (C=O) groups excluding carboxylic acids is 2.